The summed E-state index contributed by atoms with van der Waals surface area (Å²) in [7, 11) is 0. The Morgan fingerprint density at radius 3 is 2.71 bits per heavy atom. The van der Waals surface area contributed by atoms with Crippen LogP contribution in [0.5, 0.6) is 17.2 Å². The van der Waals surface area contributed by atoms with Crippen molar-refractivity contribution in [2.24, 2.45) is 0 Å². The molecular weight excluding hydrogens is 306 g/mol. The molecule has 1 aromatic heterocycles. The number of hydrogen-bond acceptors (Lipinski definition) is 5. The molecule has 2 aliphatic rings. The van der Waals surface area contributed by atoms with Crippen molar-refractivity contribution >= 4 is 16.9 Å². The van der Waals surface area contributed by atoms with Crippen molar-refractivity contribution < 1.29 is 19.0 Å². The number of hydrogen-bond donors (Lipinski definition) is 0. The number of para-hydroxylation sites is 1. The maximum atomic E-state index is 12.1. The molecule has 0 amide bonds. The molecule has 24 heavy (non-hydrogen) atoms. The van der Waals surface area contributed by atoms with E-state index in [1.54, 1.807) is 12.3 Å². The lowest BCUT2D eigenvalue weighted by atomic mass is 9.84. The molecule has 0 fully saturated rings. The van der Waals surface area contributed by atoms with Crippen LogP contribution in [0.3, 0.4) is 0 Å². The average Bonchev–Trinajstić information content (AvgIpc) is 3.06. The summed E-state index contributed by atoms with van der Waals surface area (Å²) in [6.07, 6.45) is 2.07. The minimum atomic E-state index is -0.243. The van der Waals surface area contributed by atoms with Gasteiger partial charge in [0.15, 0.2) is 11.5 Å². The molecule has 3 aromatic rings. The first-order valence-corrected chi connectivity index (χ1v) is 7.77. The van der Waals surface area contributed by atoms with Crippen LogP contribution in [0.25, 0.3) is 10.9 Å². The summed E-state index contributed by atoms with van der Waals surface area (Å²) < 4.78 is 16.3. The van der Waals surface area contributed by atoms with E-state index >= 15 is 0 Å². The van der Waals surface area contributed by atoms with E-state index in [1.165, 1.54) is 0 Å². The van der Waals surface area contributed by atoms with Crippen molar-refractivity contribution in [2.75, 3.05) is 6.79 Å². The van der Waals surface area contributed by atoms with E-state index in [0.717, 1.165) is 22.0 Å². The fraction of sp³-hybridized carbons (Fsp3) is 0.158. The molecule has 0 N–H and O–H groups in total. The first kappa shape index (κ1) is 13.4. The number of carbonyl (C=O) groups is 1. The van der Waals surface area contributed by atoms with Gasteiger partial charge in [-0.05, 0) is 23.8 Å². The molecule has 1 atom stereocenters. The monoisotopic (exact) mass is 319 g/mol. The first-order chi connectivity index (χ1) is 11.8. The van der Waals surface area contributed by atoms with Gasteiger partial charge in [-0.2, -0.15) is 0 Å². The Bertz CT molecular complexity index is 977. The SMILES string of the molecule is O=C1C[C@@H](c2ccnc3ccccc23)c2cc3c(cc2O1)OCO3. The number of pyridine rings is 1. The quantitative estimate of drug-likeness (QED) is 0.508. The molecule has 5 rings (SSSR count). The van der Waals surface area contributed by atoms with E-state index < -0.39 is 0 Å². The van der Waals surface area contributed by atoms with Crippen molar-refractivity contribution in [1.82, 2.24) is 4.98 Å². The molecule has 5 heteroatoms. The minimum Gasteiger partial charge on any atom is -0.454 e. The van der Waals surface area contributed by atoms with Crippen LogP contribution in [0.1, 0.15) is 23.5 Å². The van der Waals surface area contributed by atoms with Crippen molar-refractivity contribution in [3.63, 3.8) is 0 Å². The number of ether oxygens (including phenoxy) is 3. The van der Waals surface area contributed by atoms with Crippen LogP contribution in [0, 0.1) is 0 Å². The zero-order valence-electron chi connectivity index (χ0n) is 12.7. The summed E-state index contributed by atoms with van der Waals surface area (Å²) in [5, 5.41) is 1.04. The summed E-state index contributed by atoms with van der Waals surface area (Å²) in [6.45, 7) is 0.190. The molecule has 3 heterocycles. The highest BCUT2D eigenvalue weighted by atomic mass is 16.7. The Morgan fingerprint density at radius 1 is 0.958 bits per heavy atom. The minimum absolute atomic E-state index is 0.0938. The average molecular weight is 319 g/mol. The highest BCUT2D eigenvalue weighted by molar-refractivity contribution is 5.86. The normalized spacial score (nSPS) is 18.3. The highest BCUT2D eigenvalue weighted by Gasteiger charge is 2.32. The topological polar surface area (TPSA) is 57.7 Å². The van der Waals surface area contributed by atoms with Crippen molar-refractivity contribution in [3.8, 4) is 17.2 Å². The van der Waals surface area contributed by atoms with Crippen molar-refractivity contribution in [1.29, 1.82) is 0 Å². The second-order valence-electron chi connectivity index (χ2n) is 5.89. The lowest BCUT2D eigenvalue weighted by Crippen LogP contribution is -2.21. The summed E-state index contributed by atoms with van der Waals surface area (Å²) in [6, 6.07) is 13.6. The van der Waals surface area contributed by atoms with E-state index in [1.807, 2.05) is 36.4 Å². The van der Waals surface area contributed by atoms with Gasteiger partial charge in [-0.25, -0.2) is 0 Å². The molecule has 0 saturated heterocycles. The summed E-state index contributed by atoms with van der Waals surface area (Å²) >= 11 is 0. The molecule has 2 aliphatic heterocycles. The van der Waals surface area contributed by atoms with Gasteiger partial charge in [0.2, 0.25) is 6.79 Å². The van der Waals surface area contributed by atoms with Crippen LogP contribution >= 0.6 is 0 Å². The third kappa shape index (κ3) is 1.94. The summed E-state index contributed by atoms with van der Waals surface area (Å²) in [5.74, 6) is 1.51. The molecule has 0 radical (unpaired) electrons. The van der Waals surface area contributed by atoms with Gasteiger partial charge in [-0.3, -0.25) is 9.78 Å². The molecular formula is C19H13NO4. The predicted molar refractivity (Wildman–Crippen MR) is 86.4 cm³/mol. The van der Waals surface area contributed by atoms with Gasteiger partial charge in [-0.1, -0.05) is 18.2 Å². The molecule has 5 nitrogen and oxygen atoms in total. The molecule has 0 unspecified atom stereocenters. The molecule has 0 saturated carbocycles. The van der Waals surface area contributed by atoms with Crippen LogP contribution in [0.15, 0.2) is 48.7 Å². The molecule has 118 valence electrons. The predicted octanol–water partition coefficient (Wildman–Crippen LogP) is 3.40. The van der Waals surface area contributed by atoms with E-state index in [4.69, 9.17) is 14.2 Å². The maximum Gasteiger partial charge on any atom is 0.312 e. The van der Waals surface area contributed by atoms with E-state index in [0.29, 0.717) is 23.7 Å². The standard InChI is InChI=1S/C19H13NO4/c21-19-8-13(11-5-6-20-15-4-2-1-3-12(11)15)14-7-17-18(23-10-22-17)9-16(14)24-19/h1-7,9,13H,8,10H2/t13-/m0/s1. The van der Waals surface area contributed by atoms with Crippen LogP contribution in [0.2, 0.25) is 0 Å². The Kier molecular flexibility index (Phi) is 2.76. The zero-order valence-corrected chi connectivity index (χ0v) is 12.7. The number of carbonyl (C=O) groups excluding carboxylic acids is 1. The Hall–Kier alpha value is -3.08. The summed E-state index contributed by atoms with van der Waals surface area (Å²) in [4.78, 5) is 16.5. The van der Waals surface area contributed by atoms with Gasteiger partial charge in [-0.15, -0.1) is 0 Å². The number of rotatable bonds is 1. The van der Waals surface area contributed by atoms with Crippen LogP contribution in [-0.2, 0) is 4.79 Å². The van der Waals surface area contributed by atoms with Gasteiger partial charge >= 0.3 is 5.97 Å². The highest BCUT2D eigenvalue weighted by Crippen LogP contribution is 2.46. The van der Waals surface area contributed by atoms with E-state index in [2.05, 4.69) is 4.98 Å². The Morgan fingerprint density at radius 2 is 1.79 bits per heavy atom. The first-order valence-electron chi connectivity index (χ1n) is 7.77. The number of nitrogens with zero attached hydrogens (tertiary/aromatic N) is 1. The van der Waals surface area contributed by atoms with Gasteiger partial charge in [0, 0.05) is 29.1 Å². The van der Waals surface area contributed by atoms with Crippen LogP contribution in [-0.4, -0.2) is 17.7 Å². The lowest BCUT2D eigenvalue weighted by Gasteiger charge is -2.26. The number of esters is 1. The fourth-order valence-electron chi connectivity index (χ4n) is 3.44. The van der Waals surface area contributed by atoms with Crippen molar-refractivity contribution in [2.45, 2.75) is 12.3 Å². The van der Waals surface area contributed by atoms with E-state index in [-0.39, 0.29) is 18.7 Å². The van der Waals surface area contributed by atoms with Gasteiger partial charge in [0.05, 0.1) is 11.9 Å². The van der Waals surface area contributed by atoms with Crippen LogP contribution < -0.4 is 14.2 Å². The van der Waals surface area contributed by atoms with Gasteiger partial charge in [0.1, 0.15) is 5.75 Å². The van der Waals surface area contributed by atoms with Crippen LogP contribution in [0.4, 0.5) is 0 Å². The third-order valence-electron chi connectivity index (χ3n) is 4.53. The largest absolute Gasteiger partial charge is 0.454 e. The third-order valence-corrected chi connectivity index (χ3v) is 4.53. The maximum absolute atomic E-state index is 12.1. The second kappa shape index (κ2) is 4.96. The fourth-order valence-corrected chi connectivity index (χ4v) is 3.44. The van der Waals surface area contributed by atoms with Gasteiger partial charge in [0.25, 0.3) is 0 Å². The smallest absolute Gasteiger partial charge is 0.312 e. The molecule has 0 aliphatic carbocycles. The molecule has 2 aromatic carbocycles. The number of fused-ring (bicyclic) bond motifs is 3. The number of aromatic nitrogens is 1. The molecule has 0 spiro atoms. The Labute approximate surface area is 137 Å². The molecule has 0 bridgehead atoms. The Balaban J connectivity index is 1.73. The number of benzene rings is 2. The lowest BCUT2D eigenvalue weighted by molar-refractivity contribution is -0.135. The van der Waals surface area contributed by atoms with Gasteiger partial charge < -0.3 is 14.2 Å². The zero-order chi connectivity index (χ0) is 16.1. The van der Waals surface area contributed by atoms with Crippen molar-refractivity contribution in [3.05, 3.63) is 59.8 Å². The van der Waals surface area contributed by atoms with E-state index in [9.17, 15) is 4.79 Å². The second-order valence-corrected chi connectivity index (χ2v) is 5.89. The summed E-state index contributed by atoms with van der Waals surface area (Å²) in [5.41, 5.74) is 2.92.